The molecule has 1 aromatic heterocycles. The molecule has 2 N–H and O–H groups in total. The van der Waals surface area contributed by atoms with Crippen LogP contribution < -0.4 is 14.8 Å². The molecule has 162 valence electrons. The van der Waals surface area contributed by atoms with Crippen LogP contribution in [-0.4, -0.2) is 45.9 Å². The molecule has 0 bridgehead atoms. The van der Waals surface area contributed by atoms with Gasteiger partial charge in [-0.1, -0.05) is 36.5 Å². The number of carbonyl (C=O) groups excluding carboxylic acids is 2. The molecule has 2 aromatic carbocycles. The summed E-state index contributed by atoms with van der Waals surface area (Å²) in [6, 6.07) is 13.4. The van der Waals surface area contributed by atoms with E-state index in [1.54, 1.807) is 0 Å². The Morgan fingerprint density at radius 2 is 2.06 bits per heavy atom. The van der Waals surface area contributed by atoms with Gasteiger partial charge in [0.2, 0.25) is 12.7 Å². The minimum atomic E-state index is -0.145. The van der Waals surface area contributed by atoms with Crippen LogP contribution in [0.3, 0.4) is 0 Å². The number of ether oxygens (including phenoxy) is 2. The van der Waals surface area contributed by atoms with Crippen molar-refractivity contribution in [3.63, 3.8) is 0 Å². The molecule has 3 aromatic rings. The average molecular weight is 466 g/mol. The fourth-order valence-electron chi connectivity index (χ4n) is 3.67. The standard InChI is InChI=1S/C23H19N3O4S2/c27-21(11-15-12-25-17-4-2-1-3-16(15)17)24-7-8-26-22(31)20(32-23(26)28)10-14-5-6-18-19(9-14)30-13-29-18/h1-6,9-10,12,25H,7-8,11,13H2,(H,24,27). The van der Waals surface area contributed by atoms with E-state index in [2.05, 4.69) is 10.3 Å². The van der Waals surface area contributed by atoms with E-state index < -0.39 is 0 Å². The van der Waals surface area contributed by atoms with E-state index in [0.717, 1.165) is 33.8 Å². The Kier molecular flexibility index (Phi) is 5.59. The van der Waals surface area contributed by atoms with E-state index in [4.69, 9.17) is 21.7 Å². The number of carbonyl (C=O) groups is 2. The first-order chi connectivity index (χ1) is 15.6. The van der Waals surface area contributed by atoms with Gasteiger partial charge in [0.15, 0.2) is 11.5 Å². The largest absolute Gasteiger partial charge is 0.454 e. The highest BCUT2D eigenvalue weighted by atomic mass is 32.2. The molecule has 0 unspecified atom stereocenters. The number of nitrogens with one attached hydrogen (secondary N) is 2. The molecule has 2 amide bonds. The second-order valence-electron chi connectivity index (χ2n) is 7.33. The number of amides is 2. The zero-order valence-electron chi connectivity index (χ0n) is 16.9. The maximum Gasteiger partial charge on any atom is 0.291 e. The van der Waals surface area contributed by atoms with Crippen molar-refractivity contribution in [1.82, 2.24) is 15.2 Å². The topological polar surface area (TPSA) is 83.7 Å². The number of H-pyrrole nitrogens is 1. The van der Waals surface area contributed by atoms with Gasteiger partial charge in [-0.15, -0.1) is 0 Å². The van der Waals surface area contributed by atoms with Crippen molar-refractivity contribution >= 4 is 57.1 Å². The lowest BCUT2D eigenvalue weighted by molar-refractivity contribution is -0.120. The average Bonchev–Trinajstić information content (AvgIpc) is 3.48. The van der Waals surface area contributed by atoms with Gasteiger partial charge in [-0.25, -0.2) is 0 Å². The number of thiocarbonyl (C=S) groups is 1. The monoisotopic (exact) mass is 465 g/mol. The molecule has 0 radical (unpaired) electrons. The summed E-state index contributed by atoms with van der Waals surface area (Å²) >= 11 is 6.60. The summed E-state index contributed by atoms with van der Waals surface area (Å²) in [6.07, 6.45) is 3.99. The van der Waals surface area contributed by atoms with Crippen LogP contribution in [0, 0.1) is 0 Å². The van der Waals surface area contributed by atoms with Gasteiger partial charge in [-0.3, -0.25) is 14.5 Å². The number of benzene rings is 2. The number of hydrogen-bond donors (Lipinski definition) is 2. The second-order valence-corrected chi connectivity index (χ2v) is 8.71. The highest BCUT2D eigenvalue weighted by Crippen LogP contribution is 2.36. The molecule has 0 aliphatic carbocycles. The van der Waals surface area contributed by atoms with Crippen LogP contribution in [0.25, 0.3) is 17.0 Å². The Hall–Kier alpha value is -3.30. The minimum absolute atomic E-state index is 0.101. The van der Waals surface area contributed by atoms with E-state index in [1.165, 1.54) is 4.90 Å². The van der Waals surface area contributed by atoms with Gasteiger partial charge in [0.1, 0.15) is 4.99 Å². The maximum absolute atomic E-state index is 12.5. The molecule has 0 atom stereocenters. The van der Waals surface area contributed by atoms with Gasteiger partial charge in [-0.05, 0) is 47.2 Å². The third-order valence-electron chi connectivity index (χ3n) is 5.25. The first-order valence-electron chi connectivity index (χ1n) is 10.1. The predicted octanol–water partition coefficient (Wildman–Crippen LogP) is 4.09. The number of thioether (sulfide) groups is 1. The van der Waals surface area contributed by atoms with Gasteiger partial charge >= 0.3 is 0 Å². The molecular weight excluding hydrogens is 446 g/mol. The van der Waals surface area contributed by atoms with Crippen molar-refractivity contribution in [2.24, 2.45) is 0 Å². The van der Waals surface area contributed by atoms with Gasteiger partial charge < -0.3 is 19.8 Å². The van der Waals surface area contributed by atoms with Crippen LogP contribution in [-0.2, 0) is 11.2 Å². The molecule has 3 heterocycles. The van der Waals surface area contributed by atoms with Crippen molar-refractivity contribution in [2.75, 3.05) is 19.9 Å². The number of fused-ring (bicyclic) bond motifs is 2. The van der Waals surface area contributed by atoms with Gasteiger partial charge in [0.25, 0.3) is 5.24 Å². The van der Waals surface area contributed by atoms with Crippen molar-refractivity contribution in [2.45, 2.75) is 6.42 Å². The molecule has 32 heavy (non-hydrogen) atoms. The SMILES string of the molecule is O=C(Cc1c[nH]c2ccccc12)NCCN1C(=O)SC(=Cc2ccc3c(c2)OCO3)C1=S. The lowest BCUT2D eigenvalue weighted by Gasteiger charge is -2.15. The molecule has 2 aliphatic rings. The van der Waals surface area contributed by atoms with Gasteiger partial charge in [0, 0.05) is 30.2 Å². The summed E-state index contributed by atoms with van der Waals surface area (Å²) in [5.74, 6) is 1.28. The van der Waals surface area contributed by atoms with Crippen LogP contribution in [0.15, 0.2) is 53.6 Å². The number of aromatic amines is 1. The highest BCUT2D eigenvalue weighted by molar-refractivity contribution is 8.19. The summed E-state index contributed by atoms with van der Waals surface area (Å²) in [5, 5.41) is 3.77. The molecule has 7 nitrogen and oxygen atoms in total. The van der Waals surface area contributed by atoms with Gasteiger partial charge in [-0.2, -0.15) is 0 Å². The summed E-state index contributed by atoms with van der Waals surface area (Å²) in [4.78, 5) is 30.7. The number of aromatic nitrogens is 1. The van der Waals surface area contributed by atoms with Crippen LogP contribution >= 0.6 is 24.0 Å². The molecular formula is C23H19N3O4S2. The van der Waals surface area contributed by atoms with Crippen molar-refractivity contribution in [3.8, 4) is 11.5 Å². The molecule has 1 saturated heterocycles. The normalized spacial score (nSPS) is 16.4. The summed E-state index contributed by atoms with van der Waals surface area (Å²) in [6.45, 7) is 0.856. The summed E-state index contributed by atoms with van der Waals surface area (Å²) in [5.41, 5.74) is 2.82. The number of hydrogen-bond acceptors (Lipinski definition) is 6. The third-order valence-corrected chi connectivity index (χ3v) is 6.75. The Balaban J connectivity index is 1.17. The minimum Gasteiger partial charge on any atom is -0.454 e. The smallest absolute Gasteiger partial charge is 0.291 e. The molecule has 1 fully saturated rings. The fourth-order valence-corrected chi connectivity index (χ4v) is 4.96. The molecule has 0 spiro atoms. The Labute approximate surface area is 193 Å². The van der Waals surface area contributed by atoms with Crippen molar-refractivity contribution in [1.29, 1.82) is 0 Å². The number of para-hydroxylation sites is 1. The van der Waals surface area contributed by atoms with Crippen molar-refractivity contribution < 1.29 is 19.1 Å². The third kappa shape index (κ3) is 4.09. The first-order valence-corrected chi connectivity index (χ1v) is 11.3. The zero-order valence-corrected chi connectivity index (χ0v) is 18.6. The summed E-state index contributed by atoms with van der Waals surface area (Å²) < 4.78 is 10.7. The Bertz CT molecular complexity index is 1270. The quantitative estimate of drug-likeness (QED) is 0.421. The first kappa shape index (κ1) is 20.6. The number of nitrogens with zero attached hydrogens (tertiary/aromatic N) is 1. The predicted molar refractivity (Wildman–Crippen MR) is 128 cm³/mol. The van der Waals surface area contributed by atoms with Crippen LogP contribution in [0.1, 0.15) is 11.1 Å². The van der Waals surface area contributed by atoms with E-state index in [9.17, 15) is 9.59 Å². The Morgan fingerprint density at radius 1 is 1.22 bits per heavy atom. The van der Waals surface area contributed by atoms with E-state index in [1.807, 2.05) is 54.7 Å². The second kappa shape index (κ2) is 8.68. The van der Waals surface area contributed by atoms with E-state index in [-0.39, 0.29) is 24.4 Å². The van der Waals surface area contributed by atoms with Gasteiger partial charge in [0.05, 0.1) is 11.3 Å². The molecule has 0 saturated carbocycles. The van der Waals surface area contributed by atoms with E-state index >= 15 is 0 Å². The molecule has 9 heteroatoms. The zero-order chi connectivity index (χ0) is 22.1. The van der Waals surface area contributed by atoms with E-state index in [0.29, 0.717) is 34.5 Å². The maximum atomic E-state index is 12.5. The fraction of sp³-hybridized carbons (Fsp3) is 0.174. The highest BCUT2D eigenvalue weighted by Gasteiger charge is 2.31. The summed E-state index contributed by atoms with van der Waals surface area (Å²) in [7, 11) is 0. The van der Waals surface area contributed by atoms with Crippen molar-refractivity contribution in [3.05, 3.63) is 64.7 Å². The lowest BCUT2D eigenvalue weighted by Crippen LogP contribution is -2.37. The lowest BCUT2D eigenvalue weighted by atomic mass is 10.1. The number of rotatable bonds is 6. The Morgan fingerprint density at radius 3 is 2.97 bits per heavy atom. The molecule has 5 rings (SSSR count). The van der Waals surface area contributed by atoms with Crippen LogP contribution in [0.4, 0.5) is 4.79 Å². The van der Waals surface area contributed by atoms with Crippen LogP contribution in [0.2, 0.25) is 0 Å². The molecule has 2 aliphatic heterocycles. The van der Waals surface area contributed by atoms with Crippen LogP contribution in [0.5, 0.6) is 11.5 Å².